The highest BCUT2D eigenvalue weighted by Crippen LogP contribution is 2.20. The van der Waals surface area contributed by atoms with Crippen molar-refractivity contribution in [3.8, 4) is 0 Å². The van der Waals surface area contributed by atoms with Gasteiger partial charge in [-0.2, -0.15) is 0 Å². The second kappa shape index (κ2) is 4.81. The molecule has 1 aliphatic heterocycles. The third kappa shape index (κ3) is 2.30. The van der Waals surface area contributed by atoms with E-state index in [2.05, 4.69) is 15.6 Å². The molecule has 0 bridgehead atoms. The molecule has 1 aromatic heterocycles. The Morgan fingerprint density at radius 2 is 1.64 bits per heavy atom. The van der Waals surface area contributed by atoms with Crippen molar-refractivity contribution in [3.05, 3.63) is 61.9 Å². The molecule has 0 saturated heterocycles. The van der Waals surface area contributed by atoms with Crippen molar-refractivity contribution in [3.63, 3.8) is 0 Å². The first-order valence-corrected chi connectivity index (χ1v) is 6.09. The normalized spacial score (nSPS) is 12.7. The Hall–Kier alpha value is -3.49. The fourth-order valence-electron chi connectivity index (χ4n) is 2.04. The minimum absolute atomic E-state index is 0.141. The molecule has 110 valence electrons. The highest BCUT2D eigenvalue weighted by molar-refractivity contribution is 6.22. The molecule has 2 aromatic rings. The van der Waals surface area contributed by atoms with Crippen LogP contribution in [0.4, 0.5) is 5.69 Å². The highest BCUT2D eigenvalue weighted by atomic mass is 16.2. The molecule has 0 saturated carbocycles. The molecule has 3 amide bonds. The van der Waals surface area contributed by atoms with Gasteiger partial charge in [-0.25, -0.2) is 4.79 Å². The zero-order valence-electron chi connectivity index (χ0n) is 10.9. The molecule has 4 N–H and O–H groups in total. The summed E-state index contributed by atoms with van der Waals surface area (Å²) in [5, 5.41) is 4.55. The van der Waals surface area contributed by atoms with Gasteiger partial charge in [0, 0.05) is 11.8 Å². The van der Waals surface area contributed by atoms with Gasteiger partial charge in [0.15, 0.2) is 0 Å². The molecule has 2 heterocycles. The van der Waals surface area contributed by atoms with Gasteiger partial charge in [0.1, 0.15) is 5.69 Å². The summed E-state index contributed by atoms with van der Waals surface area (Å²) in [7, 11) is 0. The molecule has 0 aliphatic carbocycles. The smallest absolute Gasteiger partial charge is 0.321 e. The molecular formula is C13H8N4O5. The lowest BCUT2D eigenvalue weighted by molar-refractivity contribution is 0.0878. The predicted octanol–water partition coefficient (Wildman–Crippen LogP) is -0.801. The number of hydrogen-bond acceptors (Lipinski definition) is 5. The van der Waals surface area contributed by atoms with Gasteiger partial charge < -0.3 is 10.3 Å². The molecular weight excluding hydrogens is 292 g/mol. The molecule has 0 unspecified atom stereocenters. The van der Waals surface area contributed by atoms with Crippen LogP contribution in [0.1, 0.15) is 31.2 Å². The zero-order chi connectivity index (χ0) is 15.9. The molecule has 0 radical (unpaired) electrons. The minimum Gasteiger partial charge on any atom is -0.321 e. The Morgan fingerprint density at radius 3 is 2.36 bits per heavy atom. The van der Waals surface area contributed by atoms with Gasteiger partial charge in [0.25, 0.3) is 23.3 Å². The van der Waals surface area contributed by atoms with E-state index in [9.17, 15) is 24.0 Å². The standard InChI is InChI=1S/C13H8N4O5/c18-9-4-8(15-13(22)16-9)12(21)14-5-1-2-6-7(3-5)11(20)17-10(6)19/h1-4H,(H,14,21)(H,17,19,20)(H2,15,16,18,22). The number of aromatic amines is 2. The average Bonchev–Trinajstić information content (AvgIpc) is 2.72. The SMILES string of the molecule is O=C(Nc1ccc2c(c1)C(=O)NC2=O)c1cc(=O)[nH]c(=O)[nH]1. The monoisotopic (exact) mass is 300 g/mol. The first-order valence-electron chi connectivity index (χ1n) is 6.09. The fraction of sp³-hybridized carbons (Fsp3) is 0. The average molecular weight is 300 g/mol. The number of carbonyl (C=O) groups is 3. The lowest BCUT2D eigenvalue weighted by Crippen LogP contribution is -2.27. The van der Waals surface area contributed by atoms with Crippen molar-refractivity contribution in [1.29, 1.82) is 0 Å². The van der Waals surface area contributed by atoms with E-state index in [1.54, 1.807) is 0 Å². The Bertz CT molecular complexity index is 912. The van der Waals surface area contributed by atoms with Gasteiger partial charge in [0.2, 0.25) is 0 Å². The first kappa shape index (κ1) is 13.5. The number of nitrogens with one attached hydrogen (secondary N) is 4. The van der Waals surface area contributed by atoms with Crippen molar-refractivity contribution in [2.45, 2.75) is 0 Å². The van der Waals surface area contributed by atoms with Crippen LogP contribution in [-0.4, -0.2) is 27.7 Å². The number of carbonyl (C=O) groups excluding carboxylic acids is 3. The predicted molar refractivity (Wildman–Crippen MR) is 73.9 cm³/mol. The van der Waals surface area contributed by atoms with Crippen LogP contribution in [-0.2, 0) is 0 Å². The number of hydrogen-bond donors (Lipinski definition) is 4. The summed E-state index contributed by atoms with van der Waals surface area (Å²) in [5.41, 5.74) is -1.15. The first-order chi connectivity index (χ1) is 10.4. The largest absolute Gasteiger partial charge is 0.326 e. The van der Waals surface area contributed by atoms with Gasteiger partial charge in [-0.15, -0.1) is 0 Å². The maximum absolute atomic E-state index is 12.0. The van der Waals surface area contributed by atoms with E-state index < -0.39 is 29.0 Å². The van der Waals surface area contributed by atoms with Crippen molar-refractivity contribution in [1.82, 2.24) is 15.3 Å². The van der Waals surface area contributed by atoms with E-state index in [0.29, 0.717) is 0 Å². The molecule has 1 aromatic carbocycles. The molecule has 0 spiro atoms. The van der Waals surface area contributed by atoms with Crippen molar-refractivity contribution in [2.24, 2.45) is 0 Å². The number of aromatic nitrogens is 2. The van der Waals surface area contributed by atoms with Gasteiger partial charge >= 0.3 is 5.69 Å². The molecule has 1 aliphatic rings. The highest BCUT2D eigenvalue weighted by Gasteiger charge is 2.26. The van der Waals surface area contributed by atoms with E-state index in [-0.39, 0.29) is 22.5 Å². The van der Waals surface area contributed by atoms with Crippen molar-refractivity contribution in [2.75, 3.05) is 5.32 Å². The van der Waals surface area contributed by atoms with Crippen LogP contribution in [0, 0.1) is 0 Å². The Morgan fingerprint density at radius 1 is 0.909 bits per heavy atom. The number of rotatable bonds is 2. The number of fused-ring (bicyclic) bond motifs is 1. The van der Waals surface area contributed by atoms with Crippen LogP contribution >= 0.6 is 0 Å². The van der Waals surface area contributed by atoms with Gasteiger partial charge in [0.05, 0.1) is 11.1 Å². The van der Waals surface area contributed by atoms with Crippen LogP contribution in [0.25, 0.3) is 0 Å². The van der Waals surface area contributed by atoms with Crippen molar-refractivity contribution >= 4 is 23.4 Å². The lowest BCUT2D eigenvalue weighted by atomic mass is 10.1. The summed E-state index contributed by atoms with van der Waals surface area (Å²) in [4.78, 5) is 61.3. The van der Waals surface area contributed by atoms with Crippen LogP contribution in [0.2, 0.25) is 0 Å². The summed E-state index contributed by atoms with van der Waals surface area (Å²) < 4.78 is 0. The summed E-state index contributed by atoms with van der Waals surface area (Å²) >= 11 is 0. The number of imide groups is 1. The number of benzene rings is 1. The lowest BCUT2D eigenvalue weighted by Gasteiger charge is -2.05. The van der Waals surface area contributed by atoms with Crippen LogP contribution in [0.15, 0.2) is 33.9 Å². The number of H-pyrrole nitrogens is 2. The summed E-state index contributed by atoms with van der Waals surface area (Å²) in [6, 6.07) is 5.09. The summed E-state index contributed by atoms with van der Waals surface area (Å²) in [6.45, 7) is 0. The van der Waals surface area contributed by atoms with E-state index in [4.69, 9.17) is 0 Å². The van der Waals surface area contributed by atoms with Crippen molar-refractivity contribution < 1.29 is 14.4 Å². The molecule has 3 rings (SSSR count). The van der Waals surface area contributed by atoms with Crippen LogP contribution in [0.5, 0.6) is 0 Å². The van der Waals surface area contributed by atoms with E-state index in [1.807, 2.05) is 4.98 Å². The zero-order valence-corrected chi connectivity index (χ0v) is 10.9. The third-order valence-corrected chi connectivity index (χ3v) is 3.00. The maximum Gasteiger partial charge on any atom is 0.326 e. The van der Waals surface area contributed by atoms with Gasteiger partial charge in [-0.1, -0.05) is 0 Å². The molecule has 22 heavy (non-hydrogen) atoms. The fourth-order valence-corrected chi connectivity index (χ4v) is 2.04. The van der Waals surface area contributed by atoms with E-state index in [1.165, 1.54) is 18.2 Å². The second-order valence-electron chi connectivity index (χ2n) is 4.50. The molecule has 0 atom stereocenters. The summed E-state index contributed by atoms with van der Waals surface area (Å²) in [5.74, 6) is -1.79. The summed E-state index contributed by atoms with van der Waals surface area (Å²) in [6.07, 6.45) is 0. The third-order valence-electron chi connectivity index (χ3n) is 3.00. The Labute approximate surface area is 121 Å². The molecule has 9 heteroatoms. The van der Waals surface area contributed by atoms with Crippen LogP contribution < -0.4 is 21.9 Å². The Balaban J connectivity index is 1.91. The molecule has 0 fully saturated rings. The molecule has 9 nitrogen and oxygen atoms in total. The van der Waals surface area contributed by atoms with E-state index >= 15 is 0 Å². The van der Waals surface area contributed by atoms with Gasteiger partial charge in [-0.05, 0) is 18.2 Å². The number of anilines is 1. The number of amides is 3. The minimum atomic E-state index is -0.809. The maximum atomic E-state index is 12.0. The quantitative estimate of drug-likeness (QED) is 0.537. The topological polar surface area (TPSA) is 141 Å². The second-order valence-corrected chi connectivity index (χ2v) is 4.50. The van der Waals surface area contributed by atoms with Gasteiger partial charge in [-0.3, -0.25) is 29.5 Å². The Kier molecular flexibility index (Phi) is 2.95. The van der Waals surface area contributed by atoms with Crippen LogP contribution in [0.3, 0.4) is 0 Å². The van der Waals surface area contributed by atoms with E-state index in [0.717, 1.165) is 6.07 Å².